The molecule has 11 nitrogen and oxygen atoms in total. The smallest absolute Gasteiger partial charge is 0.418 e. The third-order valence-electron chi connectivity index (χ3n) is 8.63. The number of alkyl halides is 3. The van der Waals surface area contributed by atoms with Crippen LogP contribution >= 0.6 is 11.6 Å². The highest BCUT2D eigenvalue weighted by atomic mass is 35.5. The summed E-state index contributed by atoms with van der Waals surface area (Å²) in [6.45, 7) is 4.92. The van der Waals surface area contributed by atoms with E-state index in [1.807, 2.05) is 18.7 Å². The number of fused-ring (bicyclic) bond motifs is 1. The van der Waals surface area contributed by atoms with Gasteiger partial charge < -0.3 is 25.2 Å². The lowest BCUT2D eigenvalue weighted by atomic mass is 10.0. The average Bonchev–Trinajstić information content (AvgIpc) is 3.61. The normalized spacial score (nSPS) is 21.1. The molecule has 3 aliphatic rings. The lowest BCUT2D eigenvalue weighted by molar-refractivity contribution is -0.137. The number of benzene rings is 1. The van der Waals surface area contributed by atoms with E-state index in [1.165, 1.54) is 12.1 Å². The SMILES string of the molecule is CCOc1ncccc1-c1ccc(N2C[C@H]3CN(c4ccc(Cl)cc4C(F)(F)F)C(=O)N3C[C@H]2CC)c(C(=O)NC2CNC(=O)C2)n1. The molecule has 0 radical (unpaired) electrons. The van der Waals surface area contributed by atoms with Crippen LogP contribution in [0.3, 0.4) is 0 Å². The number of aromatic nitrogens is 2. The molecule has 0 spiro atoms. The van der Waals surface area contributed by atoms with Gasteiger partial charge in [0.15, 0.2) is 5.69 Å². The third kappa shape index (κ3) is 6.38. The van der Waals surface area contributed by atoms with Gasteiger partial charge in [0, 0.05) is 49.9 Å². The van der Waals surface area contributed by atoms with E-state index < -0.39 is 35.8 Å². The number of pyridine rings is 2. The van der Waals surface area contributed by atoms with Crippen LogP contribution in [0.15, 0.2) is 48.7 Å². The molecule has 2 N–H and O–H groups in total. The molecule has 2 aromatic heterocycles. The standard InChI is InChI=1S/C32H33ClF3N7O4/c1-3-20-15-42-21(17-43(31(42)46)25-9-7-18(33)12-23(25)32(34,35)36)16-41(20)26-10-8-24(22-6-5-11-37-30(22)47-4-2)40-28(26)29(45)39-19-13-27(44)38-14-19/h5-12,19-21H,3-4,13-17H2,1-2H3,(H,38,44)(H,39,45)/t19?,20-,21+/m1/s1. The van der Waals surface area contributed by atoms with Crippen LogP contribution in [0, 0.1) is 0 Å². The number of piperazine rings is 1. The first-order valence-electron chi connectivity index (χ1n) is 15.4. The van der Waals surface area contributed by atoms with Crippen LogP contribution in [-0.2, 0) is 11.0 Å². The molecular formula is C32H33ClF3N7O4. The van der Waals surface area contributed by atoms with Gasteiger partial charge in [0.05, 0.1) is 46.9 Å². The van der Waals surface area contributed by atoms with Gasteiger partial charge in [-0.2, -0.15) is 13.2 Å². The van der Waals surface area contributed by atoms with Crippen molar-refractivity contribution in [2.24, 2.45) is 0 Å². The van der Waals surface area contributed by atoms with Crippen LogP contribution in [0.2, 0.25) is 5.02 Å². The van der Waals surface area contributed by atoms with E-state index in [0.717, 1.165) is 11.0 Å². The summed E-state index contributed by atoms with van der Waals surface area (Å²) in [4.78, 5) is 53.2. The van der Waals surface area contributed by atoms with E-state index in [0.29, 0.717) is 35.9 Å². The molecule has 0 bridgehead atoms. The van der Waals surface area contributed by atoms with Crippen molar-refractivity contribution in [2.45, 2.75) is 51.0 Å². The Hall–Kier alpha value is -4.59. The Kier molecular flexibility index (Phi) is 8.88. The number of anilines is 2. The second-order valence-corrected chi connectivity index (χ2v) is 12.0. The lowest BCUT2D eigenvalue weighted by Crippen LogP contribution is -2.58. The van der Waals surface area contributed by atoms with Gasteiger partial charge in [0.1, 0.15) is 0 Å². The maximum Gasteiger partial charge on any atom is 0.418 e. The van der Waals surface area contributed by atoms with Gasteiger partial charge in [-0.25, -0.2) is 14.8 Å². The van der Waals surface area contributed by atoms with Crippen LogP contribution in [-0.4, -0.2) is 83.6 Å². The van der Waals surface area contributed by atoms with Crippen LogP contribution < -0.4 is 25.2 Å². The molecule has 3 atom stereocenters. The van der Waals surface area contributed by atoms with Crippen molar-refractivity contribution >= 4 is 40.8 Å². The Morgan fingerprint density at radius 1 is 1.09 bits per heavy atom. The number of hydrogen-bond donors (Lipinski definition) is 2. The van der Waals surface area contributed by atoms with E-state index >= 15 is 0 Å². The second kappa shape index (κ2) is 12.9. The molecular weight excluding hydrogens is 639 g/mol. The number of halogens is 4. The molecule has 3 fully saturated rings. The van der Waals surface area contributed by atoms with Gasteiger partial charge in [-0.15, -0.1) is 0 Å². The molecule has 4 amide bonds. The number of nitrogens with zero attached hydrogens (tertiary/aromatic N) is 5. The Morgan fingerprint density at radius 2 is 1.87 bits per heavy atom. The number of hydrogen-bond acceptors (Lipinski definition) is 7. The number of urea groups is 1. The zero-order valence-electron chi connectivity index (χ0n) is 25.7. The van der Waals surface area contributed by atoms with E-state index in [2.05, 4.69) is 15.6 Å². The fourth-order valence-corrected chi connectivity index (χ4v) is 6.57. The summed E-state index contributed by atoms with van der Waals surface area (Å²) in [5, 5.41) is 5.55. The Bertz CT molecular complexity index is 1710. The molecule has 15 heteroatoms. The molecule has 1 unspecified atom stereocenters. The molecule has 5 heterocycles. The molecule has 0 aliphatic carbocycles. The highest BCUT2D eigenvalue weighted by Crippen LogP contribution is 2.41. The monoisotopic (exact) mass is 671 g/mol. The van der Waals surface area contributed by atoms with Crippen molar-refractivity contribution in [1.82, 2.24) is 25.5 Å². The maximum atomic E-state index is 14.0. The number of carbonyl (C=O) groups excluding carboxylic acids is 3. The largest absolute Gasteiger partial charge is 0.477 e. The molecule has 6 rings (SSSR count). The lowest BCUT2D eigenvalue weighted by Gasteiger charge is -2.44. The minimum absolute atomic E-state index is 0.00672. The van der Waals surface area contributed by atoms with E-state index in [-0.39, 0.29) is 61.0 Å². The van der Waals surface area contributed by atoms with Crippen molar-refractivity contribution < 1.29 is 32.3 Å². The minimum Gasteiger partial charge on any atom is -0.477 e. The highest BCUT2D eigenvalue weighted by molar-refractivity contribution is 6.30. The fourth-order valence-electron chi connectivity index (χ4n) is 6.40. The summed E-state index contributed by atoms with van der Waals surface area (Å²) < 4.78 is 47.7. The van der Waals surface area contributed by atoms with Crippen LogP contribution in [0.5, 0.6) is 5.88 Å². The highest BCUT2D eigenvalue weighted by Gasteiger charge is 2.47. The Balaban J connectivity index is 1.36. The first-order chi connectivity index (χ1) is 22.5. The quantitative estimate of drug-likeness (QED) is 0.355. The molecule has 0 saturated carbocycles. The Morgan fingerprint density at radius 3 is 2.57 bits per heavy atom. The number of rotatable bonds is 8. The van der Waals surface area contributed by atoms with Crippen molar-refractivity contribution in [3.63, 3.8) is 0 Å². The van der Waals surface area contributed by atoms with Crippen molar-refractivity contribution in [2.75, 3.05) is 42.6 Å². The van der Waals surface area contributed by atoms with Crippen LogP contribution in [0.25, 0.3) is 11.3 Å². The van der Waals surface area contributed by atoms with Gasteiger partial charge in [-0.05, 0) is 55.8 Å². The molecule has 1 aromatic carbocycles. The van der Waals surface area contributed by atoms with Crippen molar-refractivity contribution in [1.29, 1.82) is 0 Å². The number of nitrogens with one attached hydrogen (secondary N) is 2. The van der Waals surface area contributed by atoms with Gasteiger partial charge in [0.25, 0.3) is 5.91 Å². The van der Waals surface area contributed by atoms with Crippen molar-refractivity contribution in [3.05, 3.63) is 64.9 Å². The van der Waals surface area contributed by atoms with Gasteiger partial charge >= 0.3 is 12.2 Å². The maximum absolute atomic E-state index is 14.0. The summed E-state index contributed by atoms with van der Waals surface area (Å²) in [6, 6.07) is 8.77. The molecule has 3 aliphatic heterocycles. The zero-order chi connectivity index (χ0) is 33.5. The predicted molar refractivity (Wildman–Crippen MR) is 169 cm³/mol. The van der Waals surface area contributed by atoms with Crippen molar-refractivity contribution in [3.8, 4) is 17.1 Å². The molecule has 47 heavy (non-hydrogen) atoms. The zero-order valence-corrected chi connectivity index (χ0v) is 26.4. The van der Waals surface area contributed by atoms with Crippen LogP contribution in [0.4, 0.5) is 29.3 Å². The van der Waals surface area contributed by atoms with Gasteiger partial charge in [0.2, 0.25) is 11.8 Å². The van der Waals surface area contributed by atoms with Gasteiger partial charge in [-0.1, -0.05) is 18.5 Å². The Labute approximate surface area is 274 Å². The molecule has 248 valence electrons. The third-order valence-corrected chi connectivity index (χ3v) is 8.87. The number of ether oxygens (including phenoxy) is 1. The average molecular weight is 672 g/mol. The fraction of sp³-hybridized carbons (Fsp3) is 0.406. The van der Waals surface area contributed by atoms with Crippen LogP contribution in [0.1, 0.15) is 42.7 Å². The summed E-state index contributed by atoms with van der Waals surface area (Å²) in [5.74, 6) is -0.291. The number of carbonyl (C=O) groups is 3. The summed E-state index contributed by atoms with van der Waals surface area (Å²) in [5.41, 5.74) is 0.414. The van der Waals surface area contributed by atoms with E-state index in [1.54, 1.807) is 35.4 Å². The summed E-state index contributed by atoms with van der Waals surface area (Å²) in [7, 11) is 0. The van der Waals surface area contributed by atoms with E-state index in [9.17, 15) is 27.6 Å². The molecule has 3 saturated heterocycles. The first-order valence-corrected chi connectivity index (χ1v) is 15.7. The number of amides is 4. The minimum atomic E-state index is -4.72. The first kappa shape index (κ1) is 32.4. The summed E-state index contributed by atoms with van der Waals surface area (Å²) >= 11 is 5.90. The van der Waals surface area contributed by atoms with Gasteiger partial charge in [-0.3, -0.25) is 14.5 Å². The second-order valence-electron chi connectivity index (χ2n) is 11.6. The predicted octanol–water partition coefficient (Wildman–Crippen LogP) is 4.74. The summed E-state index contributed by atoms with van der Waals surface area (Å²) in [6.07, 6.45) is -2.40. The molecule has 3 aromatic rings. The topological polar surface area (TPSA) is 120 Å². The van der Waals surface area contributed by atoms with E-state index in [4.69, 9.17) is 21.3 Å².